The van der Waals surface area contributed by atoms with Crippen LogP contribution in [-0.4, -0.2) is 28.3 Å². The fraction of sp³-hybridized carbons (Fsp3) is 0.0625. The number of para-hydroxylation sites is 2. The van der Waals surface area contributed by atoms with Gasteiger partial charge in [-0.2, -0.15) is 0 Å². The van der Waals surface area contributed by atoms with E-state index in [1.54, 1.807) is 18.2 Å². The van der Waals surface area contributed by atoms with Gasteiger partial charge in [0.25, 0.3) is 11.8 Å². The third kappa shape index (κ3) is 4.98. The standard InChI is InChI=1S/C16H14N4O5S/c17-15(26)10-5-7-11(8-6-10)16(22)19-18-14(21)9-25-13-4-2-1-3-12(13)20(23)24/h1-8H,9H2,(H2,17,26)(H,18,21)(H,19,22). The Bertz CT molecular complexity index is 854. The predicted octanol–water partition coefficient (Wildman–Crippen LogP) is 1.07. The van der Waals surface area contributed by atoms with Gasteiger partial charge in [-0.1, -0.05) is 36.5 Å². The highest BCUT2D eigenvalue weighted by Crippen LogP contribution is 2.25. The number of hydrazine groups is 1. The van der Waals surface area contributed by atoms with Gasteiger partial charge >= 0.3 is 5.69 Å². The fourth-order valence-corrected chi connectivity index (χ4v) is 2.03. The van der Waals surface area contributed by atoms with Gasteiger partial charge in [-0.3, -0.25) is 30.6 Å². The summed E-state index contributed by atoms with van der Waals surface area (Å²) in [6, 6.07) is 11.8. The number of thiocarbonyl (C=S) groups is 1. The molecule has 0 radical (unpaired) electrons. The number of benzene rings is 2. The third-order valence-corrected chi connectivity index (χ3v) is 3.40. The minimum atomic E-state index is -0.684. The molecule has 2 rings (SSSR count). The van der Waals surface area contributed by atoms with Gasteiger partial charge in [0.2, 0.25) is 0 Å². The van der Waals surface area contributed by atoms with E-state index >= 15 is 0 Å². The highest BCUT2D eigenvalue weighted by molar-refractivity contribution is 7.80. The first-order chi connectivity index (χ1) is 12.4. The van der Waals surface area contributed by atoms with Crippen molar-refractivity contribution in [1.29, 1.82) is 0 Å². The Morgan fingerprint density at radius 3 is 2.31 bits per heavy atom. The lowest BCUT2D eigenvalue weighted by atomic mass is 10.1. The molecule has 0 heterocycles. The summed E-state index contributed by atoms with van der Waals surface area (Å²) in [4.78, 5) is 34.1. The Morgan fingerprint density at radius 1 is 1.08 bits per heavy atom. The van der Waals surface area contributed by atoms with E-state index in [9.17, 15) is 19.7 Å². The van der Waals surface area contributed by atoms with Crippen LogP contribution in [0, 0.1) is 10.1 Å². The summed E-state index contributed by atoms with van der Waals surface area (Å²) in [5.41, 5.74) is 10.5. The van der Waals surface area contributed by atoms with E-state index in [0.29, 0.717) is 5.56 Å². The van der Waals surface area contributed by atoms with Crippen LogP contribution in [0.15, 0.2) is 48.5 Å². The van der Waals surface area contributed by atoms with Crippen molar-refractivity contribution >= 4 is 34.7 Å². The minimum absolute atomic E-state index is 0.0488. The number of nitro benzene ring substituents is 1. The smallest absolute Gasteiger partial charge is 0.310 e. The lowest BCUT2D eigenvalue weighted by Gasteiger charge is -2.09. The summed E-state index contributed by atoms with van der Waals surface area (Å²) in [5.74, 6) is -1.29. The van der Waals surface area contributed by atoms with Crippen molar-refractivity contribution in [1.82, 2.24) is 10.9 Å². The molecule has 10 heteroatoms. The predicted molar refractivity (Wildman–Crippen MR) is 96.5 cm³/mol. The number of carbonyl (C=O) groups excluding carboxylic acids is 2. The van der Waals surface area contributed by atoms with E-state index in [2.05, 4.69) is 10.9 Å². The molecule has 2 aromatic carbocycles. The molecular formula is C16H14N4O5S. The Morgan fingerprint density at radius 2 is 1.69 bits per heavy atom. The van der Waals surface area contributed by atoms with Gasteiger partial charge < -0.3 is 10.5 Å². The molecule has 0 bridgehead atoms. The molecule has 2 amide bonds. The molecule has 0 aliphatic carbocycles. The Balaban J connectivity index is 1.86. The SMILES string of the molecule is NC(=S)c1ccc(C(=O)NNC(=O)COc2ccccc2[N+](=O)[O-])cc1. The van der Waals surface area contributed by atoms with Crippen molar-refractivity contribution in [3.63, 3.8) is 0 Å². The molecule has 2 aromatic rings. The number of nitro groups is 1. The van der Waals surface area contributed by atoms with Crippen molar-refractivity contribution in [3.8, 4) is 5.75 Å². The van der Waals surface area contributed by atoms with Crippen LogP contribution in [0.5, 0.6) is 5.75 Å². The summed E-state index contributed by atoms with van der Waals surface area (Å²) in [7, 11) is 0. The van der Waals surface area contributed by atoms with Gasteiger partial charge in [-0.15, -0.1) is 0 Å². The Hall–Kier alpha value is -3.53. The van der Waals surface area contributed by atoms with Crippen LogP contribution in [0.25, 0.3) is 0 Å². The fourth-order valence-electron chi connectivity index (χ4n) is 1.89. The number of carbonyl (C=O) groups is 2. The number of nitrogens with two attached hydrogens (primary N) is 1. The maximum atomic E-state index is 11.9. The lowest BCUT2D eigenvalue weighted by Crippen LogP contribution is -2.43. The molecule has 26 heavy (non-hydrogen) atoms. The van der Waals surface area contributed by atoms with Crippen molar-refractivity contribution in [2.24, 2.45) is 5.73 Å². The summed E-state index contributed by atoms with van der Waals surface area (Å²) >= 11 is 4.82. The van der Waals surface area contributed by atoms with Gasteiger partial charge in [0.15, 0.2) is 12.4 Å². The van der Waals surface area contributed by atoms with Crippen molar-refractivity contribution < 1.29 is 19.2 Å². The molecule has 9 nitrogen and oxygen atoms in total. The zero-order valence-electron chi connectivity index (χ0n) is 13.3. The molecule has 0 aromatic heterocycles. The number of hydrogen-bond donors (Lipinski definition) is 3. The van der Waals surface area contributed by atoms with E-state index in [0.717, 1.165) is 0 Å². The number of rotatable bonds is 6. The van der Waals surface area contributed by atoms with Crippen LogP contribution in [0.2, 0.25) is 0 Å². The minimum Gasteiger partial charge on any atom is -0.477 e. The average molecular weight is 374 g/mol. The van der Waals surface area contributed by atoms with Gasteiger partial charge in [-0.05, 0) is 18.2 Å². The van der Waals surface area contributed by atoms with Crippen LogP contribution < -0.4 is 21.3 Å². The van der Waals surface area contributed by atoms with E-state index in [1.165, 1.54) is 30.3 Å². The monoisotopic (exact) mass is 374 g/mol. The van der Waals surface area contributed by atoms with Gasteiger partial charge in [-0.25, -0.2) is 0 Å². The van der Waals surface area contributed by atoms with E-state index < -0.39 is 23.3 Å². The van der Waals surface area contributed by atoms with Crippen LogP contribution in [0.3, 0.4) is 0 Å². The number of amides is 2. The topological polar surface area (TPSA) is 137 Å². The molecule has 134 valence electrons. The first kappa shape index (κ1) is 18.8. The van der Waals surface area contributed by atoms with E-state index in [4.69, 9.17) is 22.7 Å². The zero-order chi connectivity index (χ0) is 19.1. The molecule has 0 unspecified atom stereocenters. The number of nitrogens with one attached hydrogen (secondary N) is 2. The average Bonchev–Trinajstić information content (AvgIpc) is 2.64. The molecule has 0 saturated heterocycles. The summed E-state index contributed by atoms with van der Waals surface area (Å²) in [6.07, 6.45) is 0. The Kier molecular flexibility index (Phi) is 6.17. The molecule has 0 aliphatic rings. The first-order valence-corrected chi connectivity index (χ1v) is 7.64. The summed E-state index contributed by atoms with van der Waals surface area (Å²) in [6.45, 7) is -0.508. The van der Waals surface area contributed by atoms with Gasteiger partial charge in [0.1, 0.15) is 4.99 Å². The van der Waals surface area contributed by atoms with Crippen LogP contribution in [-0.2, 0) is 4.79 Å². The quantitative estimate of drug-likeness (QED) is 0.391. The highest BCUT2D eigenvalue weighted by Gasteiger charge is 2.15. The van der Waals surface area contributed by atoms with Crippen LogP contribution in [0.4, 0.5) is 5.69 Å². The Labute approximate surface area is 153 Å². The lowest BCUT2D eigenvalue weighted by molar-refractivity contribution is -0.385. The van der Waals surface area contributed by atoms with Gasteiger partial charge in [0, 0.05) is 17.2 Å². The molecule has 4 N–H and O–H groups in total. The molecule has 0 saturated carbocycles. The molecule has 0 aliphatic heterocycles. The van der Waals surface area contributed by atoms with Crippen molar-refractivity contribution in [3.05, 3.63) is 69.8 Å². The number of nitrogens with zero attached hydrogens (tertiary/aromatic N) is 1. The van der Waals surface area contributed by atoms with Crippen molar-refractivity contribution in [2.75, 3.05) is 6.61 Å². The first-order valence-electron chi connectivity index (χ1n) is 7.23. The second-order valence-electron chi connectivity index (χ2n) is 4.96. The summed E-state index contributed by atoms with van der Waals surface area (Å²) in [5, 5.41) is 10.9. The van der Waals surface area contributed by atoms with Crippen LogP contribution >= 0.6 is 12.2 Å². The zero-order valence-corrected chi connectivity index (χ0v) is 14.1. The highest BCUT2D eigenvalue weighted by atomic mass is 32.1. The van der Waals surface area contributed by atoms with Crippen LogP contribution in [0.1, 0.15) is 15.9 Å². The summed E-state index contributed by atoms with van der Waals surface area (Å²) < 4.78 is 5.11. The van der Waals surface area contributed by atoms with E-state index in [-0.39, 0.29) is 22.0 Å². The second-order valence-corrected chi connectivity index (χ2v) is 5.40. The normalized spacial score (nSPS) is 9.85. The molecule has 0 fully saturated rings. The van der Waals surface area contributed by atoms with Crippen molar-refractivity contribution in [2.45, 2.75) is 0 Å². The second kappa shape index (κ2) is 8.53. The number of ether oxygens (including phenoxy) is 1. The van der Waals surface area contributed by atoms with E-state index in [1.807, 2.05) is 0 Å². The third-order valence-electron chi connectivity index (χ3n) is 3.17. The largest absolute Gasteiger partial charge is 0.477 e. The maximum Gasteiger partial charge on any atom is 0.310 e. The molecule has 0 spiro atoms. The molecular weight excluding hydrogens is 360 g/mol. The number of hydrogen-bond acceptors (Lipinski definition) is 6. The van der Waals surface area contributed by atoms with Gasteiger partial charge in [0.05, 0.1) is 4.92 Å². The maximum absolute atomic E-state index is 11.9. The molecule has 0 atom stereocenters.